The van der Waals surface area contributed by atoms with Gasteiger partial charge in [-0.3, -0.25) is 4.90 Å². The third-order valence-corrected chi connectivity index (χ3v) is 4.80. The molecule has 0 saturated carbocycles. The number of nitrogens with zero attached hydrogens (tertiary/aromatic N) is 1. The molecule has 0 bridgehead atoms. The van der Waals surface area contributed by atoms with Crippen LogP contribution < -0.4 is 5.32 Å². The molecule has 2 nitrogen and oxygen atoms in total. The van der Waals surface area contributed by atoms with Crippen molar-refractivity contribution in [2.24, 2.45) is 5.41 Å². The molecule has 1 aromatic rings. The molecule has 1 spiro atoms. The minimum Gasteiger partial charge on any atom is -0.316 e. The summed E-state index contributed by atoms with van der Waals surface area (Å²) in [5.74, 6) is 0. The lowest BCUT2D eigenvalue weighted by molar-refractivity contribution is 0.122. The van der Waals surface area contributed by atoms with Crippen molar-refractivity contribution in [3.05, 3.63) is 35.9 Å². The first-order valence-electron chi connectivity index (χ1n) is 7.83. The van der Waals surface area contributed by atoms with Crippen LogP contribution >= 0.6 is 0 Å². The van der Waals surface area contributed by atoms with Gasteiger partial charge in [0, 0.05) is 19.6 Å². The number of likely N-dealkylation sites (tertiary alicyclic amines) is 1. The molecule has 0 amide bonds. The topological polar surface area (TPSA) is 15.3 Å². The molecule has 1 aromatic carbocycles. The zero-order chi connectivity index (χ0) is 13.0. The van der Waals surface area contributed by atoms with E-state index in [1.54, 1.807) is 0 Å². The fourth-order valence-electron chi connectivity index (χ4n) is 3.82. The number of benzene rings is 1. The van der Waals surface area contributed by atoms with Gasteiger partial charge in [-0.15, -0.1) is 0 Å². The molecule has 2 heterocycles. The lowest BCUT2D eigenvalue weighted by Crippen LogP contribution is -2.46. The van der Waals surface area contributed by atoms with Crippen molar-refractivity contribution in [1.82, 2.24) is 10.2 Å². The molecule has 2 heteroatoms. The third-order valence-electron chi connectivity index (χ3n) is 4.80. The van der Waals surface area contributed by atoms with Crippen LogP contribution in [0.3, 0.4) is 0 Å². The summed E-state index contributed by atoms with van der Waals surface area (Å²) in [6.07, 6.45) is 6.98. The molecule has 2 saturated heterocycles. The zero-order valence-electron chi connectivity index (χ0n) is 11.9. The van der Waals surface area contributed by atoms with E-state index in [-0.39, 0.29) is 0 Å². The Labute approximate surface area is 117 Å². The van der Waals surface area contributed by atoms with Crippen LogP contribution in [0, 0.1) is 5.41 Å². The molecule has 2 aliphatic rings. The largest absolute Gasteiger partial charge is 0.316 e. The van der Waals surface area contributed by atoms with Crippen LogP contribution in [0.1, 0.15) is 37.7 Å². The first-order chi connectivity index (χ1) is 9.36. The highest BCUT2D eigenvalue weighted by atomic mass is 15.1. The monoisotopic (exact) mass is 258 g/mol. The normalized spacial score (nSPS) is 29.3. The molecule has 2 fully saturated rings. The van der Waals surface area contributed by atoms with E-state index in [0.29, 0.717) is 5.41 Å². The predicted octanol–water partition coefficient (Wildman–Crippen LogP) is 3.04. The summed E-state index contributed by atoms with van der Waals surface area (Å²) < 4.78 is 0. The van der Waals surface area contributed by atoms with Crippen molar-refractivity contribution in [3.8, 4) is 0 Å². The molecule has 19 heavy (non-hydrogen) atoms. The summed E-state index contributed by atoms with van der Waals surface area (Å²) in [6.45, 7) is 6.15. The van der Waals surface area contributed by atoms with E-state index in [2.05, 4.69) is 40.5 Å². The van der Waals surface area contributed by atoms with Crippen molar-refractivity contribution in [3.63, 3.8) is 0 Å². The summed E-state index contributed by atoms with van der Waals surface area (Å²) in [4.78, 5) is 2.69. The number of hydrogen-bond acceptors (Lipinski definition) is 2. The van der Waals surface area contributed by atoms with E-state index in [1.165, 1.54) is 63.8 Å². The van der Waals surface area contributed by atoms with Gasteiger partial charge in [-0.25, -0.2) is 0 Å². The number of hydrogen-bond donors (Lipinski definition) is 1. The average Bonchev–Trinajstić information content (AvgIpc) is 2.63. The van der Waals surface area contributed by atoms with Crippen LogP contribution in [0.15, 0.2) is 30.3 Å². The summed E-state index contributed by atoms with van der Waals surface area (Å²) in [7, 11) is 0. The quantitative estimate of drug-likeness (QED) is 0.877. The molecule has 1 N–H and O–H groups in total. The second-order valence-corrected chi connectivity index (χ2v) is 6.43. The Hall–Kier alpha value is -0.860. The Morgan fingerprint density at radius 3 is 2.68 bits per heavy atom. The number of nitrogens with one attached hydrogen (secondary N) is 1. The van der Waals surface area contributed by atoms with Gasteiger partial charge < -0.3 is 5.32 Å². The van der Waals surface area contributed by atoms with Crippen LogP contribution in [0.2, 0.25) is 0 Å². The second kappa shape index (κ2) is 6.06. The summed E-state index contributed by atoms with van der Waals surface area (Å²) in [6, 6.07) is 10.9. The first-order valence-corrected chi connectivity index (χ1v) is 7.83. The lowest BCUT2D eigenvalue weighted by atomic mass is 9.77. The number of rotatable bonds is 2. The van der Waals surface area contributed by atoms with Gasteiger partial charge in [-0.05, 0) is 49.8 Å². The average molecular weight is 258 g/mol. The molecule has 1 unspecified atom stereocenters. The van der Waals surface area contributed by atoms with Crippen LogP contribution in [0.25, 0.3) is 0 Å². The molecule has 0 aromatic heterocycles. The van der Waals surface area contributed by atoms with Gasteiger partial charge in [0.15, 0.2) is 0 Å². The van der Waals surface area contributed by atoms with Gasteiger partial charge in [0.25, 0.3) is 0 Å². The number of piperidine rings is 1. The van der Waals surface area contributed by atoms with Gasteiger partial charge in [0.2, 0.25) is 0 Å². The minimum absolute atomic E-state index is 0.559. The van der Waals surface area contributed by atoms with Crippen molar-refractivity contribution in [1.29, 1.82) is 0 Å². The van der Waals surface area contributed by atoms with Gasteiger partial charge in [-0.1, -0.05) is 36.8 Å². The maximum atomic E-state index is 3.63. The van der Waals surface area contributed by atoms with E-state index < -0.39 is 0 Å². The van der Waals surface area contributed by atoms with Crippen LogP contribution in [-0.4, -0.2) is 31.1 Å². The van der Waals surface area contributed by atoms with E-state index in [0.717, 1.165) is 6.54 Å². The van der Waals surface area contributed by atoms with Gasteiger partial charge in [-0.2, -0.15) is 0 Å². The Kier molecular flexibility index (Phi) is 4.19. The molecule has 104 valence electrons. The Morgan fingerprint density at radius 1 is 1.05 bits per heavy atom. The van der Waals surface area contributed by atoms with E-state index in [4.69, 9.17) is 0 Å². The molecule has 3 rings (SSSR count). The van der Waals surface area contributed by atoms with Crippen molar-refractivity contribution < 1.29 is 0 Å². The Morgan fingerprint density at radius 2 is 1.89 bits per heavy atom. The molecule has 2 aliphatic heterocycles. The fourth-order valence-corrected chi connectivity index (χ4v) is 3.82. The van der Waals surface area contributed by atoms with Crippen molar-refractivity contribution in [2.45, 2.75) is 38.6 Å². The van der Waals surface area contributed by atoms with E-state index in [9.17, 15) is 0 Å². The lowest BCUT2D eigenvalue weighted by Gasteiger charge is -2.40. The summed E-state index contributed by atoms with van der Waals surface area (Å²) in [5, 5.41) is 3.63. The molecular weight excluding hydrogens is 232 g/mol. The fraction of sp³-hybridized carbons (Fsp3) is 0.647. The van der Waals surface area contributed by atoms with Gasteiger partial charge >= 0.3 is 0 Å². The zero-order valence-corrected chi connectivity index (χ0v) is 11.9. The highest BCUT2D eigenvalue weighted by Crippen LogP contribution is 2.35. The maximum absolute atomic E-state index is 3.63. The van der Waals surface area contributed by atoms with Crippen LogP contribution in [0.5, 0.6) is 0 Å². The third kappa shape index (κ3) is 3.37. The molecule has 0 radical (unpaired) electrons. The van der Waals surface area contributed by atoms with Gasteiger partial charge in [0.1, 0.15) is 0 Å². The minimum atomic E-state index is 0.559. The highest BCUT2D eigenvalue weighted by molar-refractivity contribution is 5.14. The van der Waals surface area contributed by atoms with Crippen molar-refractivity contribution in [2.75, 3.05) is 26.2 Å². The molecule has 0 aliphatic carbocycles. The van der Waals surface area contributed by atoms with E-state index in [1.807, 2.05) is 0 Å². The maximum Gasteiger partial charge on any atom is 0.0233 e. The van der Waals surface area contributed by atoms with Crippen LogP contribution in [0.4, 0.5) is 0 Å². The second-order valence-electron chi connectivity index (χ2n) is 6.43. The first kappa shape index (κ1) is 13.1. The molecular formula is C17H26N2. The summed E-state index contributed by atoms with van der Waals surface area (Å²) >= 11 is 0. The highest BCUT2D eigenvalue weighted by Gasteiger charge is 2.34. The molecule has 1 atom stereocenters. The smallest absolute Gasteiger partial charge is 0.0233 e. The predicted molar refractivity (Wildman–Crippen MR) is 80.1 cm³/mol. The SMILES string of the molecule is c1ccc(CN2CCCCC3(CCCNC3)C2)cc1. The summed E-state index contributed by atoms with van der Waals surface area (Å²) in [5.41, 5.74) is 2.02. The van der Waals surface area contributed by atoms with Gasteiger partial charge in [0.05, 0.1) is 0 Å². The Balaban J connectivity index is 1.67. The standard InChI is InChI=1S/C17H26N2/c1-2-7-16(8-3-1)13-19-12-5-4-9-17(15-19)10-6-11-18-14-17/h1-3,7-8,18H,4-6,9-15H2. The van der Waals surface area contributed by atoms with Crippen molar-refractivity contribution >= 4 is 0 Å². The Bertz CT molecular complexity index is 382. The van der Waals surface area contributed by atoms with E-state index >= 15 is 0 Å². The van der Waals surface area contributed by atoms with Crippen LogP contribution in [-0.2, 0) is 6.54 Å².